The van der Waals surface area contributed by atoms with E-state index in [0.717, 1.165) is 12.5 Å². The minimum absolute atomic E-state index is 0.198. The number of carbonyl (C=O) groups is 2. The molecule has 1 atom stereocenters. The fourth-order valence-electron chi connectivity index (χ4n) is 1.56. The standard InChI is InChI=1S/C10H16N2O3/c13-9-5-8(10(14)12-9)11-3-4-15-6-7-1-2-7/h7-8,11H,1-6H2,(H,12,13,14). The summed E-state index contributed by atoms with van der Waals surface area (Å²) in [5.74, 6) is 0.347. The lowest BCUT2D eigenvalue weighted by Gasteiger charge is -2.08. The van der Waals surface area contributed by atoms with Crippen molar-refractivity contribution >= 4 is 11.8 Å². The molecular formula is C10H16N2O3. The Kier molecular flexibility index (Phi) is 3.33. The summed E-state index contributed by atoms with van der Waals surface area (Å²) >= 11 is 0. The van der Waals surface area contributed by atoms with Crippen LogP contribution in [0.5, 0.6) is 0 Å². The van der Waals surface area contributed by atoms with E-state index in [1.165, 1.54) is 12.8 Å². The zero-order chi connectivity index (χ0) is 10.7. The fraction of sp³-hybridized carbons (Fsp3) is 0.800. The first kappa shape index (κ1) is 10.6. The molecule has 1 aliphatic heterocycles. The molecule has 1 saturated carbocycles. The van der Waals surface area contributed by atoms with E-state index in [-0.39, 0.29) is 24.3 Å². The quantitative estimate of drug-likeness (QED) is 0.456. The Morgan fingerprint density at radius 2 is 2.20 bits per heavy atom. The maximum absolute atomic E-state index is 11.1. The van der Waals surface area contributed by atoms with E-state index in [2.05, 4.69) is 10.6 Å². The molecule has 0 radical (unpaired) electrons. The van der Waals surface area contributed by atoms with E-state index < -0.39 is 0 Å². The van der Waals surface area contributed by atoms with Gasteiger partial charge in [-0.25, -0.2) is 0 Å². The van der Waals surface area contributed by atoms with Gasteiger partial charge in [-0.05, 0) is 18.8 Å². The van der Waals surface area contributed by atoms with Gasteiger partial charge >= 0.3 is 0 Å². The van der Waals surface area contributed by atoms with Crippen LogP contribution in [0.2, 0.25) is 0 Å². The van der Waals surface area contributed by atoms with Crippen molar-refractivity contribution in [1.29, 1.82) is 0 Å². The summed E-state index contributed by atoms with van der Waals surface area (Å²) in [6.45, 7) is 2.06. The highest BCUT2D eigenvalue weighted by Gasteiger charge is 2.29. The van der Waals surface area contributed by atoms with Crippen molar-refractivity contribution in [2.75, 3.05) is 19.8 Å². The van der Waals surface area contributed by atoms with Gasteiger partial charge in [0.05, 0.1) is 19.1 Å². The lowest BCUT2D eigenvalue weighted by Crippen LogP contribution is -2.38. The van der Waals surface area contributed by atoms with Gasteiger partial charge in [0.1, 0.15) is 0 Å². The lowest BCUT2D eigenvalue weighted by atomic mass is 10.2. The number of rotatable bonds is 6. The molecule has 2 N–H and O–H groups in total. The van der Waals surface area contributed by atoms with Gasteiger partial charge in [-0.2, -0.15) is 0 Å². The van der Waals surface area contributed by atoms with E-state index in [9.17, 15) is 9.59 Å². The van der Waals surface area contributed by atoms with E-state index in [4.69, 9.17) is 4.74 Å². The molecule has 15 heavy (non-hydrogen) atoms. The molecule has 2 fully saturated rings. The van der Waals surface area contributed by atoms with Crippen LogP contribution in [0.3, 0.4) is 0 Å². The first-order valence-electron chi connectivity index (χ1n) is 5.40. The van der Waals surface area contributed by atoms with Crippen molar-refractivity contribution in [3.63, 3.8) is 0 Å². The third-order valence-electron chi connectivity index (χ3n) is 2.66. The molecule has 84 valence electrons. The van der Waals surface area contributed by atoms with Crippen molar-refractivity contribution in [3.05, 3.63) is 0 Å². The van der Waals surface area contributed by atoms with Gasteiger partial charge in [-0.15, -0.1) is 0 Å². The van der Waals surface area contributed by atoms with E-state index in [0.29, 0.717) is 13.2 Å². The molecule has 5 nitrogen and oxygen atoms in total. The highest BCUT2D eigenvalue weighted by molar-refractivity contribution is 6.05. The van der Waals surface area contributed by atoms with Gasteiger partial charge in [0, 0.05) is 13.2 Å². The minimum atomic E-state index is -0.359. The Hall–Kier alpha value is -0.940. The maximum atomic E-state index is 11.1. The van der Waals surface area contributed by atoms with Crippen LogP contribution in [0.25, 0.3) is 0 Å². The van der Waals surface area contributed by atoms with Crippen molar-refractivity contribution in [3.8, 4) is 0 Å². The normalized spacial score (nSPS) is 25.7. The van der Waals surface area contributed by atoms with Crippen LogP contribution in [0.4, 0.5) is 0 Å². The SMILES string of the molecule is O=C1CC(NCCOCC2CC2)C(=O)N1. The second-order valence-electron chi connectivity index (χ2n) is 4.14. The summed E-state index contributed by atoms with van der Waals surface area (Å²) in [7, 11) is 0. The Bertz CT molecular complexity index is 263. The Balaban J connectivity index is 1.53. The monoisotopic (exact) mass is 212 g/mol. The van der Waals surface area contributed by atoms with Crippen LogP contribution in [-0.2, 0) is 14.3 Å². The van der Waals surface area contributed by atoms with E-state index in [1.807, 2.05) is 0 Å². The first-order valence-corrected chi connectivity index (χ1v) is 5.40. The molecule has 2 amide bonds. The Morgan fingerprint density at radius 1 is 1.40 bits per heavy atom. The fourth-order valence-corrected chi connectivity index (χ4v) is 1.56. The van der Waals surface area contributed by atoms with Crippen molar-refractivity contribution in [2.45, 2.75) is 25.3 Å². The first-order chi connectivity index (χ1) is 7.25. The Labute approximate surface area is 88.5 Å². The molecule has 0 aromatic heterocycles. The van der Waals surface area contributed by atoms with Crippen LogP contribution < -0.4 is 10.6 Å². The number of nitrogens with one attached hydrogen (secondary N) is 2. The summed E-state index contributed by atoms with van der Waals surface area (Å²) in [6.07, 6.45) is 2.82. The zero-order valence-corrected chi connectivity index (χ0v) is 8.62. The molecule has 0 bridgehead atoms. The maximum Gasteiger partial charge on any atom is 0.244 e. The summed E-state index contributed by atoms with van der Waals surface area (Å²) in [6, 6.07) is -0.359. The second-order valence-corrected chi connectivity index (χ2v) is 4.14. The molecule has 1 saturated heterocycles. The molecular weight excluding hydrogens is 196 g/mol. The smallest absolute Gasteiger partial charge is 0.244 e. The van der Waals surface area contributed by atoms with Crippen LogP contribution in [-0.4, -0.2) is 37.6 Å². The van der Waals surface area contributed by atoms with Crippen molar-refractivity contribution in [1.82, 2.24) is 10.6 Å². The molecule has 1 unspecified atom stereocenters. The second kappa shape index (κ2) is 4.72. The largest absolute Gasteiger partial charge is 0.380 e. The third kappa shape index (κ3) is 3.28. The summed E-state index contributed by atoms with van der Waals surface area (Å²) in [5, 5.41) is 5.25. The molecule has 2 rings (SSSR count). The predicted octanol–water partition coefficient (Wildman–Crippen LogP) is -0.582. The molecule has 0 aromatic rings. The van der Waals surface area contributed by atoms with Crippen LogP contribution in [0.15, 0.2) is 0 Å². The van der Waals surface area contributed by atoms with Gasteiger partial charge in [0.2, 0.25) is 11.8 Å². The molecule has 0 spiro atoms. The average molecular weight is 212 g/mol. The van der Waals surface area contributed by atoms with Crippen molar-refractivity contribution in [2.24, 2.45) is 5.92 Å². The van der Waals surface area contributed by atoms with Gasteiger partial charge in [-0.1, -0.05) is 0 Å². The summed E-state index contributed by atoms with van der Waals surface area (Å²) in [4.78, 5) is 22.0. The third-order valence-corrected chi connectivity index (χ3v) is 2.66. The Morgan fingerprint density at radius 3 is 2.80 bits per heavy atom. The van der Waals surface area contributed by atoms with Crippen LogP contribution >= 0.6 is 0 Å². The van der Waals surface area contributed by atoms with Gasteiger partial charge in [-0.3, -0.25) is 14.9 Å². The molecule has 2 aliphatic rings. The molecule has 0 aromatic carbocycles. The lowest BCUT2D eigenvalue weighted by molar-refractivity contribution is -0.125. The minimum Gasteiger partial charge on any atom is -0.380 e. The molecule has 5 heteroatoms. The van der Waals surface area contributed by atoms with Gasteiger partial charge in [0.25, 0.3) is 0 Å². The highest BCUT2D eigenvalue weighted by atomic mass is 16.5. The number of hydrogen-bond acceptors (Lipinski definition) is 4. The zero-order valence-electron chi connectivity index (χ0n) is 8.62. The van der Waals surface area contributed by atoms with Crippen LogP contribution in [0.1, 0.15) is 19.3 Å². The predicted molar refractivity (Wildman–Crippen MR) is 53.1 cm³/mol. The van der Waals surface area contributed by atoms with Crippen molar-refractivity contribution < 1.29 is 14.3 Å². The number of carbonyl (C=O) groups excluding carboxylic acids is 2. The number of hydrogen-bond donors (Lipinski definition) is 2. The summed E-state index contributed by atoms with van der Waals surface area (Å²) in [5.41, 5.74) is 0. The van der Waals surface area contributed by atoms with Gasteiger partial charge < -0.3 is 10.1 Å². The summed E-state index contributed by atoms with van der Waals surface area (Å²) < 4.78 is 5.40. The molecule has 1 heterocycles. The number of imide groups is 1. The van der Waals surface area contributed by atoms with E-state index in [1.54, 1.807) is 0 Å². The highest BCUT2D eigenvalue weighted by Crippen LogP contribution is 2.28. The average Bonchev–Trinajstić information content (AvgIpc) is 2.94. The molecule has 1 aliphatic carbocycles. The van der Waals surface area contributed by atoms with Crippen LogP contribution in [0, 0.1) is 5.92 Å². The topological polar surface area (TPSA) is 67.4 Å². The number of ether oxygens (including phenoxy) is 1. The van der Waals surface area contributed by atoms with E-state index >= 15 is 0 Å². The van der Waals surface area contributed by atoms with Gasteiger partial charge in [0.15, 0.2) is 0 Å². The number of amides is 2.